The summed E-state index contributed by atoms with van der Waals surface area (Å²) in [4.78, 5) is 31.0. The van der Waals surface area contributed by atoms with E-state index in [1.165, 1.54) is 6.07 Å². The second-order valence-corrected chi connectivity index (χ2v) is 6.85. The van der Waals surface area contributed by atoms with E-state index in [1.807, 2.05) is 4.90 Å². The number of hydrogen-bond donors (Lipinski definition) is 2. The van der Waals surface area contributed by atoms with Crippen molar-refractivity contribution in [2.75, 3.05) is 38.2 Å². The van der Waals surface area contributed by atoms with Gasteiger partial charge in [-0.05, 0) is 24.3 Å². The van der Waals surface area contributed by atoms with Crippen LogP contribution in [-0.2, 0) is 11.3 Å². The number of nitrogens with two attached hydrogens (primary N) is 2. The number of anilines is 1. The van der Waals surface area contributed by atoms with E-state index < -0.39 is 17.9 Å². The van der Waals surface area contributed by atoms with Crippen LogP contribution in [0.1, 0.15) is 15.9 Å². The van der Waals surface area contributed by atoms with Crippen molar-refractivity contribution in [1.29, 1.82) is 0 Å². The van der Waals surface area contributed by atoms with Crippen LogP contribution in [0.2, 0.25) is 0 Å². The van der Waals surface area contributed by atoms with Crippen molar-refractivity contribution in [3.8, 4) is 5.75 Å². The second-order valence-electron chi connectivity index (χ2n) is 6.85. The number of rotatable bonds is 5. The number of amides is 2. The first kappa shape index (κ1) is 21.9. The lowest BCUT2D eigenvalue weighted by Gasteiger charge is -2.36. The first-order chi connectivity index (χ1) is 14.9. The minimum Gasteiger partial charge on any atom is -0.497 e. The van der Waals surface area contributed by atoms with E-state index in [0.29, 0.717) is 43.2 Å². The third kappa shape index (κ3) is 5.41. The molecule has 4 N–H and O–H groups in total. The summed E-state index contributed by atoms with van der Waals surface area (Å²) in [7, 11) is 1.55. The van der Waals surface area contributed by atoms with E-state index in [2.05, 4.69) is 4.99 Å². The summed E-state index contributed by atoms with van der Waals surface area (Å²) >= 11 is 0. The fraction of sp³-hybridized carbons (Fsp3) is 0.286. The Morgan fingerprint density at radius 1 is 1.10 bits per heavy atom. The molecular weight excluding hydrogens is 405 g/mol. The van der Waals surface area contributed by atoms with Gasteiger partial charge in [-0.2, -0.15) is 0 Å². The van der Waals surface area contributed by atoms with E-state index in [9.17, 15) is 14.0 Å². The molecule has 3 rings (SSSR count). The van der Waals surface area contributed by atoms with E-state index in [-0.39, 0.29) is 18.1 Å². The van der Waals surface area contributed by atoms with Gasteiger partial charge < -0.3 is 30.7 Å². The largest absolute Gasteiger partial charge is 0.497 e. The Morgan fingerprint density at radius 3 is 2.48 bits per heavy atom. The number of carbonyl (C=O) groups is 2. The maximum Gasteiger partial charge on any atom is 0.437 e. The van der Waals surface area contributed by atoms with E-state index in [1.54, 1.807) is 48.4 Å². The molecule has 1 heterocycles. The van der Waals surface area contributed by atoms with Crippen LogP contribution in [0.25, 0.3) is 0 Å². The smallest absolute Gasteiger partial charge is 0.437 e. The first-order valence-corrected chi connectivity index (χ1v) is 9.61. The van der Waals surface area contributed by atoms with Crippen molar-refractivity contribution < 1.29 is 23.5 Å². The molecule has 0 bridgehead atoms. The third-order valence-electron chi connectivity index (χ3n) is 4.85. The summed E-state index contributed by atoms with van der Waals surface area (Å²) in [5.41, 5.74) is 11.3. The maximum atomic E-state index is 15.0. The average Bonchev–Trinajstić information content (AvgIpc) is 2.77. The third-order valence-corrected chi connectivity index (χ3v) is 4.85. The molecule has 0 saturated carbocycles. The van der Waals surface area contributed by atoms with Gasteiger partial charge in [0.25, 0.3) is 5.91 Å². The zero-order valence-corrected chi connectivity index (χ0v) is 17.1. The Bertz CT molecular complexity index is 985. The number of ether oxygens (including phenoxy) is 2. The van der Waals surface area contributed by atoms with E-state index >= 15 is 0 Å². The zero-order valence-electron chi connectivity index (χ0n) is 17.1. The van der Waals surface area contributed by atoms with Crippen LogP contribution < -0.4 is 21.1 Å². The lowest BCUT2D eigenvalue weighted by Crippen LogP contribution is -2.49. The van der Waals surface area contributed by atoms with Crippen LogP contribution in [0, 0.1) is 5.82 Å². The van der Waals surface area contributed by atoms with Gasteiger partial charge in [-0.1, -0.05) is 18.2 Å². The first-order valence-electron chi connectivity index (χ1n) is 9.61. The maximum absolute atomic E-state index is 15.0. The zero-order chi connectivity index (χ0) is 22.4. The number of piperazine rings is 1. The Balaban J connectivity index is 1.63. The minimum atomic E-state index is -0.991. The molecule has 1 aliphatic rings. The van der Waals surface area contributed by atoms with Crippen molar-refractivity contribution in [3.05, 3.63) is 59.4 Å². The normalized spacial score (nSPS) is 13.5. The second kappa shape index (κ2) is 9.79. The van der Waals surface area contributed by atoms with Crippen LogP contribution >= 0.6 is 0 Å². The van der Waals surface area contributed by atoms with Crippen LogP contribution in [0.4, 0.5) is 14.9 Å². The Hall–Kier alpha value is -3.82. The highest BCUT2D eigenvalue weighted by molar-refractivity contribution is 5.94. The number of carbonyl (C=O) groups excluding carboxylic acids is 2. The van der Waals surface area contributed by atoms with E-state index in [4.69, 9.17) is 20.9 Å². The van der Waals surface area contributed by atoms with Gasteiger partial charge in [-0.15, -0.1) is 4.99 Å². The van der Waals surface area contributed by atoms with Gasteiger partial charge in [0, 0.05) is 37.3 Å². The number of methoxy groups -OCH3 is 1. The summed E-state index contributed by atoms with van der Waals surface area (Å²) < 4.78 is 25.0. The van der Waals surface area contributed by atoms with Gasteiger partial charge in [-0.3, -0.25) is 4.79 Å². The van der Waals surface area contributed by atoms with Crippen LogP contribution in [-0.4, -0.2) is 56.1 Å². The number of guanidine groups is 1. The molecule has 1 aliphatic heterocycles. The SMILES string of the molecule is COc1cccc(C(=O)N2CCN(c3cccc(COC(=O)N=C(N)N)c3F)CC2)c1. The molecule has 0 aliphatic carbocycles. The molecular formula is C21H24FN5O4. The van der Waals surface area contributed by atoms with Gasteiger partial charge in [0.05, 0.1) is 12.8 Å². The highest BCUT2D eigenvalue weighted by Crippen LogP contribution is 2.25. The van der Waals surface area contributed by atoms with Crippen LogP contribution in [0.5, 0.6) is 5.75 Å². The average molecular weight is 429 g/mol. The Kier molecular flexibility index (Phi) is 6.91. The molecule has 9 nitrogen and oxygen atoms in total. The van der Waals surface area contributed by atoms with Crippen molar-refractivity contribution in [2.24, 2.45) is 16.5 Å². The molecule has 0 radical (unpaired) electrons. The predicted octanol–water partition coefficient (Wildman–Crippen LogP) is 1.71. The number of hydrogen-bond acceptors (Lipinski definition) is 5. The summed E-state index contributed by atoms with van der Waals surface area (Å²) in [6.45, 7) is 1.51. The molecule has 1 fully saturated rings. The van der Waals surface area contributed by atoms with Crippen LogP contribution in [0.3, 0.4) is 0 Å². The number of nitrogens with zero attached hydrogens (tertiary/aromatic N) is 3. The summed E-state index contributed by atoms with van der Waals surface area (Å²) in [6.07, 6.45) is -0.991. The Labute approximate surface area is 179 Å². The predicted molar refractivity (Wildman–Crippen MR) is 114 cm³/mol. The standard InChI is InChI=1S/C21H24FN5O4/c1-30-16-6-2-4-14(12-16)19(28)27-10-8-26(9-11-27)17-7-3-5-15(18(17)22)13-31-21(29)25-20(23)24/h2-7,12H,8-11,13H2,1H3,(H4,23,24,25,29). The van der Waals surface area contributed by atoms with Gasteiger partial charge in [-0.25, -0.2) is 9.18 Å². The number of benzene rings is 2. The van der Waals surface area contributed by atoms with Gasteiger partial charge >= 0.3 is 6.09 Å². The van der Waals surface area contributed by atoms with Crippen molar-refractivity contribution in [2.45, 2.75) is 6.61 Å². The lowest BCUT2D eigenvalue weighted by atomic mass is 10.1. The molecule has 2 aromatic rings. The fourth-order valence-electron chi connectivity index (χ4n) is 3.29. The summed E-state index contributed by atoms with van der Waals surface area (Å²) in [5, 5.41) is 0. The number of halogens is 1. The molecule has 0 unspecified atom stereocenters. The van der Waals surface area contributed by atoms with Crippen molar-refractivity contribution in [3.63, 3.8) is 0 Å². The molecule has 0 atom stereocenters. The van der Waals surface area contributed by atoms with Crippen molar-refractivity contribution >= 4 is 23.6 Å². The fourth-order valence-corrected chi connectivity index (χ4v) is 3.29. The van der Waals surface area contributed by atoms with Gasteiger partial charge in [0.1, 0.15) is 12.4 Å². The highest BCUT2D eigenvalue weighted by atomic mass is 19.1. The molecule has 2 amide bonds. The van der Waals surface area contributed by atoms with Gasteiger partial charge in [0.15, 0.2) is 11.8 Å². The summed E-state index contributed by atoms with van der Waals surface area (Å²) in [5.74, 6) is -0.406. The quantitative estimate of drug-likeness (QED) is 0.548. The highest BCUT2D eigenvalue weighted by Gasteiger charge is 2.24. The topological polar surface area (TPSA) is 123 Å². The number of aliphatic imine (C=N–C) groups is 1. The molecule has 0 aromatic heterocycles. The molecule has 1 saturated heterocycles. The lowest BCUT2D eigenvalue weighted by molar-refractivity contribution is 0.0746. The molecule has 164 valence electrons. The molecule has 31 heavy (non-hydrogen) atoms. The monoisotopic (exact) mass is 429 g/mol. The molecule has 10 heteroatoms. The Morgan fingerprint density at radius 2 is 1.81 bits per heavy atom. The summed E-state index contributed by atoms with van der Waals surface area (Å²) in [6, 6.07) is 11.8. The molecule has 0 spiro atoms. The van der Waals surface area contributed by atoms with E-state index in [0.717, 1.165) is 0 Å². The minimum absolute atomic E-state index is 0.0978. The van der Waals surface area contributed by atoms with Crippen LogP contribution in [0.15, 0.2) is 47.5 Å². The molecule has 2 aromatic carbocycles. The van der Waals surface area contributed by atoms with Crippen molar-refractivity contribution in [1.82, 2.24) is 4.90 Å². The van der Waals surface area contributed by atoms with Gasteiger partial charge in [0.2, 0.25) is 0 Å².